The second-order valence-corrected chi connectivity index (χ2v) is 7.83. The van der Waals surface area contributed by atoms with Crippen LogP contribution in [0.5, 0.6) is 0 Å². The van der Waals surface area contributed by atoms with Gasteiger partial charge in [-0.2, -0.15) is 0 Å². The lowest BCUT2D eigenvalue weighted by Gasteiger charge is -2.36. The Kier molecular flexibility index (Phi) is 5.15. The number of nitrogens with one attached hydrogen (secondary N) is 1. The summed E-state index contributed by atoms with van der Waals surface area (Å²) in [6.07, 6.45) is 3.03. The maximum atomic E-state index is 6.29. The quantitative estimate of drug-likeness (QED) is 0.911. The Balaban J connectivity index is 2.11. The minimum absolute atomic E-state index is 0.0852. The van der Waals surface area contributed by atoms with E-state index in [1.807, 2.05) is 0 Å². The lowest BCUT2D eigenvalue weighted by Crippen LogP contribution is -2.39. The van der Waals surface area contributed by atoms with E-state index in [4.69, 9.17) is 11.6 Å². The maximum absolute atomic E-state index is 6.29. The number of halogens is 1. The van der Waals surface area contributed by atoms with Crippen LogP contribution < -0.4 is 10.2 Å². The standard InChI is InChI=1S/C17H28ClN3/c1-12-6-7-21(11-13(12)2)16-8-14(15(18)10-19-16)9-20-17(3,4)5/h8,10,12-13,20H,6-7,9,11H2,1-5H3. The second-order valence-electron chi connectivity index (χ2n) is 7.43. The molecule has 0 spiro atoms. The van der Waals surface area contributed by atoms with Gasteiger partial charge in [0.2, 0.25) is 0 Å². The van der Waals surface area contributed by atoms with Crippen LogP contribution in [0.2, 0.25) is 5.02 Å². The lowest BCUT2D eigenvalue weighted by molar-refractivity contribution is 0.322. The molecule has 2 atom stereocenters. The highest BCUT2D eigenvalue weighted by Crippen LogP contribution is 2.28. The third-order valence-corrected chi connectivity index (χ3v) is 4.73. The normalized spacial score (nSPS) is 23.4. The van der Waals surface area contributed by atoms with Crippen LogP contribution in [-0.2, 0) is 6.54 Å². The molecule has 21 heavy (non-hydrogen) atoms. The van der Waals surface area contributed by atoms with Gasteiger partial charge in [-0.1, -0.05) is 25.4 Å². The van der Waals surface area contributed by atoms with E-state index in [2.05, 4.69) is 55.9 Å². The molecule has 0 amide bonds. The Morgan fingerprint density at radius 3 is 2.67 bits per heavy atom. The van der Waals surface area contributed by atoms with Crippen molar-refractivity contribution in [1.82, 2.24) is 10.3 Å². The smallest absolute Gasteiger partial charge is 0.128 e. The summed E-state index contributed by atoms with van der Waals surface area (Å²) in [5.74, 6) is 2.58. The Morgan fingerprint density at radius 1 is 1.33 bits per heavy atom. The molecule has 0 bridgehead atoms. The zero-order valence-electron chi connectivity index (χ0n) is 13.9. The van der Waals surface area contributed by atoms with E-state index < -0.39 is 0 Å². The molecular formula is C17H28ClN3. The van der Waals surface area contributed by atoms with E-state index in [-0.39, 0.29) is 5.54 Å². The Morgan fingerprint density at radius 2 is 2.05 bits per heavy atom. The van der Waals surface area contributed by atoms with E-state index in [1.165, 1.54) is 6.42 Å². The summed E-state index contributed by atoms with van der Waals surface area (Å²) in [7, 11) is 0. The molecule has 118 valence electrons. The first-order valence-corrected chi connectivity index (χ1v) is 8.28. The van der Waals surface area contributed by atoms with Crippen molar-refractivity contribution in [2.24, 2.45) is 11.8 Å². The highest BCUT2D eigenvalue weighted by Gasteiger charge is 2.24. The maximum Gasteiger partial charge on any atom is 0.128 e. The van der Waals surface area contributed by atoms with E-state index >= 15 is 0 Å². The van der Waals surface area contributed by atoms with Crippen LogP contribution in [-0.4, -0.2) is 23.6 Å². The van der Waals surface area contributed by atoms with Crippen molar-refractivity contribution in [3.8, 4) is 0 Å². The van der Waals surface area contributed by atoms with Crippen molar-refractivity contribution in [3.63, 3.8) is 0 Å². The number of piperidine rings is 1. The van der Waals surface area contributed by atoms with Crippen LogP contribution in [0.15, 0.2) is 12.3 Å². The predicted octanol–water partition coefficient (Wildman–Crippen LogP) is 4.11. The average molecular weight is 310 g/mol. The van der Waals surface area contributed by atoms with E-state index in [0.29, 0.717) is 5.92 Å². The van der Waals surface area contributed by atoms with Crippen LogP contribution in [0, 0.1) is 11.8 Å². The van der Waals surface area contributed by atoms with Gasteiger partial charge in [0, 0.05) is 31.4 Å². The first-order valence-electron chi connectivity index (χ1n) is 7.90. The van der Waals surface area contributed by atoms with Crippen LogP contribution in [0.25, 0.3) is 0 Å². The third-order valence-electron chi connectivity index (χ3n) is 4.39. The van der Waals surface area contributed by atoms with Crippen molar-refractivity contribution < 1.29 is 0 Å². The summed E-state index contributed by atoms with van der Waals surface area (Å²) in [6, 6.07) is 2.14. The zero-order chi connectivity index (χ0) is 15.6. The Hall–Kier alpha value is -0.800. The summed E-state index contributed by atoms with van der Waals surface area (Å²) in [4.78, 5) is 6.92. The average Bonchev–Trinajstić information content (AvgIpc) is 2.40. The summed E-state index contributed by atoms with van der Waals surface area (Å²) < 4.78 is 0. The highest BCUT2D eigenvalue weighted by atomic mass is 35.5. The molecule has 0 aliphatic carbocycles. The topological polar surface area (TPSA) is 28.2 Å². The van der Waals surface area contributed by atoms with Gasteiger partial charge < -0.3 is 10.2 Å². The van der Waals surface area contributed by atoms with Crippen molar-refractivity contribution in [2.45, 2.75) is 53.1 Å². The summed E-state index contributed by atoms with van der Waals surface area (Å²) in [6.45, 7) is 14.1. The zero-order valence-corrected chi connectivity index (χ0v) is 14.7. The van der Waals surface area contributed by atoms with Gasteiger partial charge >= 0.3 is 0 Å². The summed E-state index contributed by atoms with van der Waals surface area (Å²) >= 11 is 6.29. The van der Waals surface area contributed by atoms with Gasteiger partial charge in [-0.15, -0.1) is 0 Å². The molecule has 2 unspecified atom stereocenters. The monoisotopic (exact) mass is 309 g/mol. The lowest BCUT2D eigenvalue weighted by atomic mass is 9.89. The molecule has 1 aliphatic rings. The molecule has 1 aliphatic heterocycles. The molecule has 4 heteroatoms. The number of nitrogens with zero attached hydrogens (tertiary/aromatic N) is 2. The number of hydrogen-bond donors (Lipinski definition) is 1. The highest BCUT2D eigenvalue weighted by molar-refractivity contribution is 6.31. The van der Waals surface area contributed by atoms with Gasteiger partial charge in [-0.3, -0.25) is 0 Å². The fourth-order valence-electron chi connectivity index (χ4n) is 2.61. The summed E-state index contributed by atoms with van der Waals surface area (Å²) in [5, 5.41) is 4.24. The van der Waals surface area contributed by atoms with Crippen LogP contribution in [0.3, 0.4) is 0 Å². The first-order chi connectivity index (χ1) is 9.76. The Bertz CT molecular complexity index is 481. The largest absolute Gasteiger partial charge is 0.356 e. The van der Waals surface area contributed by atoms with Gasteiger partial charge in [-0.05, 0) is 50.7 Å². The van der Waals surface area contributed by atoms with Crippen molar-refractivity contribution >= 4 is 17.4 Å². The molecule has 0 saturated carbocycles. The number of hydrogen-bond acceptors (Lipinski definition) is 3. The molecule has 1 aromatic heterocycles. The second kappa shape index (κ2) is 6.53. The van der Waals surface area contributed by atoms with Crippen molar-refractivity contribution in [1.29, 1.82) is 0 Å². The third kappa shape index (κ3) is 4.58. The van der Waals surface area contributed by atoms with Crippen molar-refractivity contribution in [2.75, 3.05) is 18.0 Å². The van der Waals surface area contributed by atoms with Gasteiger partial charge in [-0.25, -0.2) is 4.98 Å². The number of aromatic nitrogens is 1. The molecular weight excluding hydrogens is 282 g/mol. The molecule has 1 fully saturated rings. The molecule has 1 N–H and O–H groups in total. The minimum Gasteiger partial charge on any atom is -0.356 e. The fraction of sp³-hybridized carbons (Fsp3) is 0.706. The van der Waals surface area contributed by atoms with Gasteiger partial charge in [0.25, 0.3) is 0 Å². The number of pyridine rings is 1. The fourth-order valence-corrected chi connectivity index (χ4v) is 2.78. The molecule has 2 rings (SSSR count). The number of anilines is 1. The van der Waals surface area contributed by atoms with E-state index in [1.54, 1.807) is 6.20 Å². The Labute approximate surface area is 134 Å². The first kappa shape index (κ1) is 16.6. The van der Waals surface area contributed by atoms with Crippen LogP contribution in [0.1, 0.15) is 46.6 Å². The van der Waals surface area contributed by atoms with Gasteiger partial charge in [0.05, 0.1) is 5.02 Å². The predicted molar refractivity (Wildman–Crippen MR) is 91.0 cm³/mol. The molecule has 2 heterocycles. The van der Waals surface area contributed by atoms with Gasteiger partial charge in [0.15, 0.2) is 0 Å². The van der Waals surface area contributed by atoms with Gasteiger partial charge in [0.1, 0.15) is 5.82 Å². The molecule has 0 aromatic carbocycles. The van der Waals surface area contributed by atoms with E-state index in [0.717, 1.165) is 42.0 Å². The minimum atomic E-state index is 0.0852. The SMILES string of the molecule is CC1CCN(c2cc(CNC(C)(C)C)c(Cl)cn2)CC1C. The molecule has 1 saturated heterocycles. The summed E-state index contributed by atoms with van der Waals surface area (Å²) in [5.41, 5.74) is 1.21. The van der Waals surface area contributed by atoms with Crippen LogP contribution in [0.4, 0.5) is 5.82 Å². The molecule has 0 radical (unpaired) electrons. The molecule has 1 aromatic rings. The number of rotatable bonds is 3. The molecule has 3 nitrogen and oxygen atoms in total. The van der Waals surface area contributed by atoms with E-state index in [9.17, 15) is 0 Å². The van der Waals surface area contributed by atoms with Crippen molar-refractivity contribution in [3.05, 3.63) is 22.8 Å². The van der Waals surface area contributed by atoms with Crippen LogP contribution >= 0.6 is 11.6 Å².